The van der Waals surface area contributed by atoms with E-state index in [4.69, 9.17) is 5.11 Å². The Labute approximate surface area is 130 Å². The maximum Gasteiger partial charge on any atom is 0.335 e. The summed E-state index contributed by atoms with van der Waals surface area (Å²) in [6, 6.07) is 6.92. The van der Waals surface area contributed by atoms with Crippen LogP contribution in [0.4, 0.5) is 0 Å². The van der Waals surface area contributed by atoms with E-state index in [-0.39, 0.29) is 10.7 Å². The van der Waals surface area contributed by atoms with Crippen LogP contribution in [0.25, 0.3) is 0 Å². The molecule has 21 heavy (non-hydrogen) atoms. The Bertz CT molecular complexity index is 508. The van der Waals surface area contributed by atoms with Crippen LogP contribution in [-0.4, -0.2) is 46.0 Å². The Morgan fingerprint density at radius 2 is 1.86 bits per heavy atom. The lowest BCUT2D eigenvalue weighted by molar-refractivity contribution is -0.127. The van der Waals surface area contributed by atoms with E-state index >= 15 is 0 Å². The van der Waals surface area contributed by atoms with Crippen molar-refractivity contribution in [2.24, 2.45) is 0 Å². The summed E-state index contributed by atoms with van der Waals surface area (Å²) in [6.45, 7) is 6.75. The van der Waals surface area contributed by atoms with Gasteiger partial charge in [0.05, 0.1) is 11.3 Å². The number of hydrogen-bond donors (Lipinski definition) is 1. The Morgan fingerprint density at radius 1 is 1.24 bits per heavy atom. The molecule has 0 heterocycles. The maximum atomic E-state index is 12.0. The van der Waals surface area contributed by atoms with Gasteiger partial charge in [-0.2, -0.15) is 0 Å². The van der Waals surface area contributed by atoms with Crippen LogP contribution < -0.4 is 0 Å². The van der Waals surface area contributed by atoms with Gasteiger partial charge in [0.2, 0.25) is 5.91 Å². The zero-order chi connectivity index (χ0) is 16.0. The highest BCUT2D eigenvalue weighted by molar-refractivity contribution is 8.01. The van der Waals surface area contributed by atoms with E-state index in [2.05, 4.69) is 20.8 Å². The fraction of sp³-hybridized carbons (Fsp3) is 0.500. The molecule has 0 fully saturated rings. The normalized spacial score (nSPS) is 11.2. The van der Waals surface area contributed by atoms with E-state index in [1.165, 1.54) is 0 Å². The van der Waals surface area contributed by atoms with E-state index in [9.17, 15) is 9.59 Å². The first-order valence-corrected chi connectivity index (χ1v) is 7.88. The van der Waals surface area contributed by atoms with E-state index in [0.717, 1.165) is 5.56 Å². The summed E-state index contributed by atoms with van der Waals surface area (Å²) in [7, 11) is 1.76. The average molecular weight is 309 g/mol. The topological polar surface area (TPSA) is 57.6 Å². The first-order valence-electron chi connectivity index (χ1n) is 6.90. The lowest BCUT2D eigenvalue weighted by Gasteiger charge is -2.21. The van der Waals surface area contributed by atoms with E-state index in [1.807, 2.05) is 6.07 Å². The Hall–Kier alpha value is -1.49. The minimum absolute atomic E-state index is 0.0619. The van der Waals surface area contributed by atoms with Crippen molar-refractivity contribution < 1.29 is 14.7 Å². The van der Waals surface area contributed by atoms with Crippen LogP contribution in [0, 0.1) is 0 Å². The molecule has 1 amide bonds. The molecule has 0 aromatic heterocycles. The Kier molecular flexibility index (Phi) is 6.27. The van der Waals surface area contributed by atoms with Crippen molar-refractivity contribution in [2.75, 3.05) is 19.3 Å². The summed E-state index contributed by atoms with van der Waals surface area (Å²) in [5.41, 5.74) is 1.07. The van der Waals surface area contributed by atoms with Crippen molar-refractivity contribution in [3.05, 3.63) is 35.4 Å². The molecule has 1 N–H and O–H groups in total. The Morgan fingerprint density at radius 3 is 2.43 bits per heavy atom. The zero-order valence-electron chi connectivity index (χ0n) is 13.0. The number of likely N-dealkylation sites (N-methyl/N-ethyl adjacent to an activating group) is 1. The molecule has 0 aliphatic carbocycles. The SMILES string of the molecule is CN(CCc1ccccc1C(=O)O)C(=O)CSC(C)(C)C. The van der Waals surface area contributed by atoms with Gasteiger partial charge in [-0.15, -0.1) is 11.8 Å². The molecule has 0 aliphatic rings. The van der Waals surface area contributed by atoms with Crippen LogP contribution in [0.5, 0.6) is 0 Å². The molecule has 0 saturated carbocycles. The second-order valence-electron chi connectivity index (χ2n) is 5.93. The number of hydrogen-bond acceptors (Lipinski definition) is 3. The minimum Gasteiger partial charge on any atom is -0.478 e. The molecule has 0 unspecified atom stereocenters. The predicted octanol–water partition coefficient (Wildman–Crippen LogP) is 2.92. The van der Waals surface area contributed by atoms with Crippen LogP contribution in [0.1, 0.15) is 36.7 Å². The lowest BCUT2D eigenvalue weighted by Crippen LogP contribution is -2.31. The highest BCUT2D eigenvalue weighted by Crippen LogP contribution is 2.23. The monoisotopic (exact) mass is 309 g/mol. The maximum absolute atomic E-state index is 12.0. The molecule has 1 rings (SSSR count). The van der Waals surface area contributed by atoms with Gasteiger partial charge in [-0.1, -0.05) is 39.0 Å². The highest BCUT2D eigenvalue weighted by atomic mass is 32.2. The first-order chi connectivity index (χ1) is 9.70. The molecule has 0 atom stereocenters. The third-order valence-corrected chi connectivity index (χ3v) is 4.28. The molecule has 1 aromatic carbocycles. The van der Waals surface area contributed by atoms with Gasteiger partial charge in [0.25, 0.3) is 0 Å². The van der Waals surface area contributed by atoms with Gasteiger partial charge in [-0.25, -0.2) is 4.79 Å². The van der Waals surface area contributed by atoms with Crippen molar-refractivity contribution in [2.45, 2.75) is 31.9 Å². The van der Waals surface area contributed by atoms with Gasteiger partial charge < -0.3 is 10.0 Å². The van der Waals surface area contributed by atoms with Crippen molar-refractivity contribution in [1.82, 2.24) is 4.90 Å². The van der Waals surface area contributed by atoms with Gasteiger partial charge in [-0.3, -0.25) is 4.79 Å². The van der Waals surface area contributed by atoms with Gasteiger partial charge in [0.15, 0.2) is 0 Å². The first kappa shape index (κ1) is 17.6. The quantitative estimate of drug-likeness (QED) is 0.878. The van der Waals surface area contributed by atoms with Crippen molar-refractivity contribution >= 4 is 23.6 Å². The van der Waals surface area contributed by atoms with Crippen LogP contribution in [0.3, 0.4) is 0 Å². The molecule has 5 heteroatoms. The van der Waals surface area contributed by atoms with E-state index in [1.54, 1.807) is 41.9 Å². The van der Waals surface area contributed by atoms with Crippen molar-refractivity contribution in [1.29, 1.82) is 0 Å². The summed E-state index contributed by atoms with van der Waals surface area (Å²) >= 11 is 1.61. The standard InChI is InChI=1S/C16H23NO3S/c1-16(2,3)21-11-14(18)17(4)10-9-12-7-5-6-8-13(12)15(19)20/h5-8H,9-11H2,1-4H3,(H,19,20). The highest BCUT2D eigenvalue weighted by Gasteiger charge is 2.16. The third kappa shape index (κ3) is 6.21. The number of thioether (sulfide) groups is 1. The van der Waals surface area contributed by atoms with E-state index in [0.29, 0.717) is 24.3 Å². The number of benzene rings is 1. The number of amides is 1. The van der Waals surface area contributed by atoms with Crippen LogP contribution >= 0.6 is 11.8 Å². The fourth-order valence-corrected chi connectivity index (χ4v) is 2.53. The molecular formula is C16H23NO3S. The second kappa shape index (κ2) is 7.50. The number of nitrogens with zero attached hydrogens (tertiary/aromatic N) is 1. The van der Waals surface area contributed by atoms with Crippen molar-refractivity contribution in [3.8, 4) is 0 Å². The average Bonchev–Trinajstić information content (AvgIpc) is 2.41. The third-order valence-electron chi connectivity index (χ3n) is 3.02. The van der Waals surface area contributed by atoms with E-state index < -0.39 is 5.97 Å². The number of carboxylic acids is 1. The summed E-state index contributed by atoms with van der Waals surface area (Å²) in [5, 5.41) is 9.13. The summed E-state index contributed by atoms with van der Waals surface area (Å²) in [5.74, 6) is -0.411. The molecule has 1 aromatic rings. The molecular weight excluding hydrogens is 286 g/mol. The summed E-state index contributed by atoms with van der Waals surface area (Å²) in [6.07, 6.45) is 0.547. The second-order valence-corrected chi connectivity index (χ2v) is 7.73. The lowest BCUT2D eigenvalue weighted by atomic mass is 10.0. The number of aromatic carboxylic acids is 1. The molecule has 0 radical (unpaired) electrons. The molecule has 0 spiro atoms. The number of rotatable bonds is 6. The minimum atomic E-state index is -0.928. The largest absolute Gasteiger partial charge is 0.478 e. The fourth-order valence-electron chi connectivity index (χ4n) is 1.75. The summed E-state index contributed by atoms with van der Waals surface area (Å²) in [4.78, 5) is 24.8. The van der Waals surface area contributed by atoms with Gasteiger partial charge in [-0.05, 0) is 18.1 Å². The Balaban J connectivity index is 2.55. The molecule has 0 aliphatic heterocycles. The van der Waals surface area contributed by atoms with Gasteiger partial charge in [0.1, 0.15) is 0 Å². The smallest absolute Gasteiger partial charge is 0.335 e. The van der Waals surface area contributed by atoms with Gasteiger partial charge >= 0.3 is 5.97 Å². The number of carboxylic acid groups (broad SMARTS) is 1. The zero-order valence-corrected chi connectivity index (χ0v) is 13.9. The predicted molar refractivity (Wildman–Crippen MR) is 87.0 cm³/mol. The van der Waals surface area contributed by atoms with Gasteiger partial charge in [0, 0.05) is 18.3 Å². The van der Waals surface area contributed by atoms with Crippen LogP contribution in [0.15, 0.2) is 24.3 Å². The molecule has 116 valence electrons. The molecule has 0 bridgehead atoms. The summed E-state index contributed by atoms with van der Waals surface area (Å²) < 4.78 is 0.0619. The van der Waals surface area contributed by atoms with Crippen LogP contribution in [0.2, 0.25) is 0 Å². The molecule has 0 saturated heterocycles. The van der Waals surface area contributed by atoms with Crippen LogP contribution in [-0.2, 0) is 11.2 Å². The molecule has 4 nitrogen and oxygen atoms in total. The van der Waals surface area contributed by atoms with Crippen molar-refractivity contribution in [3.63, 3.8) is 0 Å². The number of carbonyl (C=O) groups is 2. The number of carbonyl (C=O) groups excluding carboxylic acids is 1.